The van der Waals surface area contributed by atoms with Crippen molar-refractivity contribution in [1.82, 2.24) is 14.8 Å². The summed E-state index contributed by atoms with van der Waals surface area (Å²) in [4.78, 5) is 15.5. The highest BCUT2D eigenvalue weighted by Gasteiger charge is 2.14. The molecule has 2 rings (SSSR count). The van der Waals surface area contributed by atoms with Crippen LogP contribution in [-0.4, -0.2) is 27.8 Å². The van der Waals surface area contributed by atoms with E-state index in [1.165, 1.54) is 7.11 Å². The van der Waals surface area contributed by atoms with Gasteiger partial charge in [-0.25, -0.2) is 0 Å². The molecule has 0 saturated heterocycles. The van der Waals surface area contributed by atoms with Gasteiger partial charge in [0.15, 0.2) is 0 Å². The topological polar surface area (TPSA) is 57.0 Å². The molecule has 0 spiro atoms. The zero-order valence-electron chi connectivity index (χ0n) is 9.75. The first-order valence-corrected chi connectivity index (χ1v) is 5.21. The van der Waals surface area contributed by atoms with Crippen LogP contribution in [0.4, 0.5) is 0 Å². The van der Waals surface area contributed by atoms with E-state index >= 15 is 0 Å². The predicted molar refractivity (Wildman–Crippen MR) is 62.2 cm³/mol. The second kappa shape index (κ2) is 4.78. The van der Waals surface area contributed by atoms with Gasteiger partial charge in [-0.15, -0.1) is 0 Å². The van der Waals surface area contributed by atoms with Gasteiger partial charge in [-0.1, -0.05) is 6.07 Å². The Kier molecular flexibility index (Phi) is 3.18. The van der Waals surface area contributed by atoms with Gasteiger partial charge in [0.25, 0.3) is 0 Å². The highest BCUT2D eigenvalue weighted by molar-refractivity contribution is 5.75. The summed E-state index contributed by atoms with van der Waals surface area (Å²) in [5, 5.41) is 4.31. The minimum Gasteiger partial charge on any atom is -0.469 e. The van der Waals surface area contributed by atoms with Crippen LogP contribution in [0.5, 0.6) is 0 Å². The standard InChI is InChI=1S/C12H13N3O2/c1-15-8-9(7-11(16)17-2)12(14-15)10-5-3-4-6-13-10/h3-6,8H,7H2,1-2H3. The Hall–Kier alpha value is -2.17. The number of rotatable bonds is 3. The highest BCUT2D eigenvalue weighted by atomic mass is 16.5. The number of aromatic nitrogens is 3. The quantitative estimate of drug-likeness (QED) is 0.745. The largest absolute Gasteiger partial charge is 0.469 e. The molecule has 0 fully saturated rings. The molecule has 2 aromatic heterocycles. The lowest BCUT2D eigenvalue weighted by Gasteiger charge is -2.00. The summed E-state index contributed by atoms with van der Waals surface area (Å²) in [6.07, 6.45) is 3.71. The maximum Gasteiger partial charge on any atom is 0.310 e. The maximum absolute atomic E-state index is 11.3. The monoisotopic (exact) mass is 231 g/mol. The lowest BCUT2D eigenvalue weighted by atomic mass is 10.1. The molecular weight excluding hydrogens is 218 g/mol. The molecule has 0 unspecified atom stereocenters. The van der Waals surface area contributed by atoms with Gasteiger partial charge in [0.2, 0.25) is 0 Å². The van der Waals surface area contributed by atoms with E-state index in [1.807, 2.05) is 25.2 Å². The van der Waals surface area contributed by atoms with Crippen molar-refractivity contribution in [3.8, 4) is 11.4 Å². The average molecular weight is 231 g/mol. The van der Waals surface area contributed by atoms with Crippen LogP contribution in [0.1, 0.15) is 5.56 Å². The Bertz CT molecular complexity index is 520. The SMILES string of the molecule is COC(=O)Cc1cn(C)nc1-c1ccccn1. The van der Waals surface area contributed by atoms with Crippen LogP contribution >= 0.6 is 0 Å². The number of hydrogen-bond donors (Lipinski definition) is 0. The first kappa shape index (κ1) is 11.3. The Morgan fingerprint density at radius 2 is 2.29 bits per heavy atom. The molecule has 0 aliphatic carbocycles. The minimum absolute atomic E-state index is 0.205. The van der Waals surface area contributed by atoms with E-state index in [9.17, 15) is 4.79 Å². The van der Waals surface area contributed by atoms with E-state index in [1.54, 1.807) is 17.1 Å². The number of carbonyl (C=O) groups excluding carboxylic acids is 1. The zero-order chi connectivity index (χ0) is 12.3. The van der Waals surface area contributed by atoms with Gasteiger partial charge in [-0.05, 0) is 12.1 Å². The molecule has 2 aromatic rings. The van der Waals surface area contributed by atoms with Crippen molar-refractivity contribution in [3.05, 3.63) is 36.2 Å². The van der Waals surface area contributed by atoms with Crippen molar-refractivity contribution in [3.63, 3.8) is 0 Å². The second-order valence-electron chi connectivity index (χ2n) is 3.64. The number of nitrogens with zero attached hydrogens (tertiary/aromatic N) is 3. The first-order valence-electron chi connectivity index (χ1n) is 5.21. The molecule has 0 atom stereocenters. The molecule has 88 valence electrons. The number of methoxy groups -OCH3 is 1. The lowest BCUT2D eigenvalue weighted by Crippen LogP contribution is -2.04. The third-order valence-electron chi connectivity index (χ3n) is 2.37. The lowest BCUT2D eigenvalue weighted by molar-refractivity contribution is -0.139. The fourth-order valence-electron chi connectivity index (χ4n) is 1.61. The summed E-state index contributed by atoms with van der Waals surface area (Å²) in [7, 11) is 3.19. The fourth-order valence-corrected chi connectivity index (χ4v) is 1.61. The molecular formula is C12H13N3O2. The van der Waals surface area contributed by atoms with Crippen LogP contribution in [0.25, 0.3) is 11.4 Å². The first-order chi connectivity index (χ1) is 8.20. The predicted octanol–water partition coefficient (Wildman–Crippen LogP) is 1.20. The van der Waals surface area contributed by atoms with Gasteiger partial charge in [-0.3, -0.25) is 14.5 Å². The van der Waals surface area contributed by atoms with Crippen LogP contribution in [0.15, 0.2) is 30.6 Å². The van der Waals surface area contributed by atoms with Gasteiger partial charge >= 0.3 is 5.97 Å². The van der Waals surface area contributed by atoms with Gasteiger partial charge in [0, 0.05) is 25.0 Å². The van der Waals surface area contributed by atoms with Crippen molar-refractivity contribution in [2.45, 2.75) is 6.42 Å². The van der Waals surface area contributed by atoms with E-state index < -0.39 is 0 Å². The summed E-state index contributed by atoms with van der Waals surface area (Å²) in [5.41, 5.74) is 2.29. The second-order valence-corrected chi connectivity index (χ2v) is 3.64. The van der Waals surface area contributed by atoms with Gasteiger partial charge < -0.3 is 4.74 Å². The Morgan fingerprint density at radius 3 is 2.94 bits per heavy atom. The summed E-state index contributed by atoms with van der Waals surface area (Å²) in [6, 6.07) is 5.59. The summed E-state index contributed by atoms with van der Waals surface area (Å²) < 4.78 is 6.33. The van der Waals surface area contributed by atoms with Gasteiger partial charge in [0.05, 0.1) is 19.2 Å². The molecule has 0 bridgehead atoms. The average Bonchev–Trinajstić information content (AvgIpc) is 2.71. The van der Waals surface area contributed by atoms with E-state index in [0.717, 1.165) is 17.0 Å². The zero-order valence-corrected chi connectivity index (χ0v) is 9.75. The maximum atomic E-state index is 11.3. The number of hydrogen-bond acceptors (Lipinski definition) is 4. The molecule has 0 aliphatic rings. The summed E-state index contributed by atoms with van der Waals surface area (Å²) >= 11 is 0. The van der Waals surface area contributed by atoms with Crippen LogP contribution in [-0.2, 0) is 23.0 Å². The van der Waals surface area contributed by atoms with Crippen molar-refractivity contribution < 1.29 is 9.53 Å². The number of carbonyl (C=O) groups is 1. The molecule has 0 aliphatic heterocycles. The van der Waals surface area contributed by atoms with Crippen molar-refractivity contribution >= 4 is 5.97 Å². The molecule has 0 N–H and O–H groups in total. The summed E-state index contributed by atoms with van der Waals surface area (Å²) in [6.45, 7) is 0. The number of esters is 1. The minimum atomic E-state index is -0.282. The fraction of sp³-hybridized carbons (Fsp3) is 0.250. The van der Waals surface area contributed by atoms with Crippen LogP contribution < -0.4 is 0 Å². The third-order valence-corrected chi connectivity index (χ3v) is 2.37. The van der Waals surface area contributed by atoms with Gasteiger partial charge in [0.1, 0.15) is 5.69 Å². The van der Waals surface area contributed by atoms with Crippen LogP contribution in [0.3, 0.4) is 0 Å². The number of aryl methyl sites for hydroxylation is 1. The molecule has 0 aromatic carbocycles. The molecule has 0 amide bonds. The van der Waals surface area contributed by atoms with Crippen molar-refractivity contribution in [2.75, 3.05) is 7.11 Å². The highest BCUT2D eigenvalue weighted by Crippen LogP contribution is 2.19. The Labute approximate surface area is 99.1 Å². The normalized spacial score (nSPS) is 10.2. The molecule has 0 radical (unpaired) electrons. The molecule has 0 saturated carbocycles. The Balaban J connectivity index is 2.37. The third kappa shape index (κ3) is 2.50. The molecule has 17 heavy (non-hydrogen) atoms. The van der Waals surface area contributed by atoms with E-state index in [0.29, 0.717) is 0 Å². The van der Waals surface area contributed by atoms with E-state index in [2.05, 4.69) is 14.8 Å². The van der Waals surface area contributed by atoms with Crippen LogP contribution in [0, 0.1) is 0 Å². The Morgan fingerprint density at radius 1 is 1.47 bits per heavy atom. The molecule has 5 heteroatoms. The number of pyridine rings is 1. The van der Waals surface area contributed by atoms with Crippen molar-refractivity contribution in [1.29, 1.82) is 0 Å². The van der Waals surface area contributed by atoms with E-state index in [-0.39, 0.29) is 12.4 Å². The summed E-state index contributed by atoms with van der Waals surface area (Å²) in [5.74, 6) is -0.282. The van der Waals surface area contributed by atoms with E-state index in [4.69, 9.17) is 0 Å². The smallest absolute Gasteiger partial charge is 0.310 e. The molecule has 5 nitrogen and oxygen atoms in total. The molecule has 2 heterocycles. The van der Waals surface area contributed by atoms with Crippen LogP contribution in [0.2, 0.25) is 0 Å². The number of ether oxygens (including phenoxy) is 1. The van der Waals surface area contributed by atoms with Gasteiger partial charge in [-0.2, -0.15) is 5.10 Å². The van der Waals surface area contributed by atoms with Crippen molar-refractivity contribution in [2.24, 2.45) is 7.05 Å².